The number of benzene rings is 1. The molecular formula is C15H20F3NO2. The van der Waals surface area contributed by atoms with Crippen LogP contribution in [0.3, 0.4) is 0 Å². The van der Waals surface area contributed by atoms with Gasteiger partial charge < -0.3 is 15.2 Å². The lowest BCUT2D eigenvalue weighted by atomic mass is 9.81. The maximum atomic E-state index is 12.3. The number of halogens is 3. The highest BCUT2D eigenvalue weighted by molar-refractivity contribution is 5.42. The number of rotatable bonds is 4. The molecule has 2 rings (SSSR count). The van der Waals surface area contributed by atoms with Crippen LogP contribution in [0.4, 0.5) is 13.2 Å². The molecular weight excluding hydrogens is 283 g/mol. The van der Waals surface area contributed by atoms with E-state index in [9.17, 15) is 13.2 Å². The minimum Gasteiger partial charge on any atom is -0.496 e. The summed E-state index contributed by atoms with van der Waals surface area (Å²) in [6.45, 7) is 0. The van der Waals surface area contributed by atoms with Gasteiger partial charge in [0.25, 0.3) is 0 Å². The van der Waals surface area contributed by atoms with Gasteiger partial charge in [0.15, 0.2) is 0 Å². The maximum absolute atomic E-state index is 12.3. The van der Waals surface area contributed by atoms with E-state index in [-0.39, 0.29) is 17.7 Å². The van der Waals surface area contributed by atoms with Gasteiger partial charge in [0, 0.05) is 11.6 Å². The fourth-order valence-electron chi connectivity index (χ4n) is 2.92. The SMILES string of the molecule is COc1ccc(OC(F)(F)F)cc1[C@@H](N)C1CCCCC1. The van der Waals surface area contributed by atoms with Crippen molar-refractivity contribution in [1.29, 1.82) is 0 Å². The highest BCUT2D eigenvalue weighted by atomic mass is 19.4. The van der Waals surface area contributed by atoms with Crippen LogP contribution >= 0.6 is 0 Å². The Morgan fingerprint density at radius 2 is 1.86 bits per heavy atom. The van der Waals surface area contributed by atoms with Crippen LogP contribution in [0.2, 0.25) is 0 Å². The number of nitrogens with two attached hydrogens (primary N) is 1. The Bertz CT molecular complexity index is 470. The Labute approximate surface area is 122 Å². The molecule has 0 radical (unpaired) electrons. The van der Waals surface area contributed by atoms with Crippen LogP contribution in [0.1, 0.15) is 43.7 Å². The summed E-state index contributed by atoms with van der Waals surface area (Å²) in [7, 11) is 1.48. The molecule has 1 aromatic rings. The number of hydrogen-bond donors (Lipinski definition) is 1. The average Bonchev–Trinajstić information content (AvgIpc) is 2.45. The first-order valence-corrected chi connectivity index (χ1v) is 7.10. The zero-order valence-corrected chi connectivity index (χ0v) is 12.0. The first kappa shape index (κ1) is 15.9. The van der Waals surface area contributed by atoms with Crippen molar-refractivity contribution < 1.29 is 22.6 Å². The lowest BCUT2D eigenvalue weighted by Gasteiger charge is -2.29. The third-order valence-corrected chi connectivity index (χ3v) is 3.95. The van der Waals surface area contributed by atoms with E-state index in [0.29, 0.717) is 11.3 Å². The molecule has 1 atom stereocenters. The largest absolute Gasteiger partial charge is 0.573 e. The van der Waals surface area contributed by atoms with E-state index in [4.69, 9.17) is 10.5 Å². The molecule has 1 aliphatic carbocycles. The second-order valence-electron chi connectivity index (χ2n) is 5.38. The van der Waals surface area contributed by atoms with Gasteiger partial charge in [-0.2, -0.15) is 0 Å². The van der Waals surface area contributed by atoms with Crippen molar-refractivity contribution in [2.75, 3.05) is 7.11 Å². The third-order valence-electron chi connectivity index (χ3n) is 3.95. The van der Waals surface area contributed by atoms with Crippen LogP contribution in [0.25, 0.3) is 0 Å². The van der Waals surface area contributed by atoms with Crippen molar-refractivity contribution >= 4 is 0 Å². The molecule has 2 N–H and O–H groups in total. The zero-order valence-electron chi connectivity index (χ0n) is 12.0. The first-order valence-electron chi connectivity index (χ1n) is 7.10. The molecule has 0 bridgehead atoms. The van der Waals surface area contributed by atoms with Crippen LogP contribution < -0.4 is 15.2 Å². The predicted octanol–water partition coefficient (Wildman–Crippen LogP) is 4.17. The van der Waals surface area contributed by atoms with Crippen LogP contribution in [-0.4, -0.2) is 13.5 Å². The van der Waals surface area contributed by atoms with E-state index in [0.717, 1.165) is 25.7 Å². The van der Waals surface area contributed by atoms with E-state index < -0.39 is 6.36 Å². The average molecular weight is 303 g/mol. The summed E-state index contributed by atoms with van der Waals surface area (Å²) < 4.78 is 46.2. The summed E-state index contributed by atoms with van der Waals surface area (Å²) >= 11 is 0. The molecule has 0 aromatic heterocycles. The topological polar surface area (TPSA) is 44.5 Å². The molecule has 1 fully saturated rings. The van der Waals surface area contributed by atoms with E-state index in [1.807, 2.05) is 0 Å². The quantitative estimate of drug-likeness (QED) is 0.907. The van der Waals surface area contributed by atoms with Gasteiger partial charge in [0.05, 0.1) is 7.11 Å². The third kappa shape index (κ3) is 4.27. The summed E-state index contributed by atoms with van der Waals surface area (Å²) in [5.41, 5.74) is 6.84. The normalized spacial score (nSPS) is 18.3. The Kier molecular flexibility index (Phi) is 4.98. The molecule has 0 aliphatic heterocycles. The molecule has 0 heterocycles. The highest BCUT2D eigenvalue weighted by Crippen LogP contribution is 2.38. The standard InChI is InChI=1S/C15H20F3NO2/c1-20-13-8-7-11(21-15(16,17)18)9-12(13)14(19)10-5-3-2-4-6-10/h7-10,14H,2-6,19H2,1H3/t14-/m0/s1. The Balaban J connectivity index is 2.24. The Morgan fingerprint density at radius 3 is 2.43 bits per heavy atom. The Morgan fingerprint density at radius 1 is 1.19 bits per heavy atom. The van der Waals surface area contributed by atoms with Gasteiger partial charge in [-0.1, -0.05) is 19.3 Å². The highest BCUT2D eigenvalue weighted by Gasteiger charge is 2.32. The van der Waals surface area contributed by atoms with Crippen molar-refractivity contribution in [3.05, 3.63) is 23.8 Å². The van der Waals surface area contributed by atoms with Gasteiger partial charge in [0.2, 0.25) is 0 Å². The number of ether oxygens (including phenoxy) is 2. The number of methoxy groups -OCH3 is 1. The van der Waals surface area contributed by atoms with Gasteiger partial charge >= 0.3 is 6.36 Å². The molecule has 0 unspecified atom stereocenters. The van der Waals surface area contributed by atoms with Crippen molar-refractivity contribution in [3.63, 3.8) is 0 Å². The fraction of sp³-hybridized carbons (Fsp3) is 0.600. The Hall–Kier alpha value is -1.43. The maximum Gasteiger partial charge on any atom is 0.573 e. The molecule has 0 saturated heterocycles. The predicted molar refractivity (Wildman–Crippen MR) is 73.2 cm³/mol. The van der Waals surface area contributed by atoms with E-state index in [2.05, 4.69) is 4.74 Å². The van der Waals surface area contributed by atoms with Crippen molar-refractivity contribution in [1.82, 2.24) is 0 Å². The smallest absolute Gasteiger partial charge is 0.496 e. The molecule has 6 heteroatoms. The van der Waals surface area contributed by atoms with E-state index in [1.54, 1.807) is 0 Å². The van der Waals surface area contributed by atoms with Crippen LogP contribution in [-0.2, 0) is 0 Å². The van der Waals surface area contributed by atoms with Gasteiger partial charge in [-0.15, -0.1) is 13.2 Å². The van der Waals surface area contributed by atoms with Gasteiger partial charge in [-0.3, -0.25) is 0 Å². The molecule has 3 nitrogen and oxygen atoms in total. The lowest BCUT2D eigenvalue weighted by Crippen LogP contribution is -2.24. The lowest BCUT2D eigenvalue weighted by molar-refractivity contribution is -0.274. The second kappa shape index (κ2) is 6.56. The fourth-order valence-corrected chi connectivity index (χ4v) is 2.92. The molecule has 118 valence electrons. The minimum atomic E-state index is -4.71. The number of alkyl halides is 3. The number of hydrogen-bond acceptors (Lipinski definition) is 3. The molecule has 0 amide bonds. The second-order valence-corrected chi connectivity index (χ2v) is 5.38. The van der Waals surface area contributed by atoms with Crippen LogP contribution in [0.5, 0.6) is 11.5 Å². The molecule has 21 heavy (non-hydrogen) atoms. The van der Waals surface area contributed by atoms with Gasteiger partial charge in [0.1, 0.15) is 11.5 Å². The molecule has 1 aliphatic rings. The summed E-state index contributed by atoms with van der Waals surface area (Å²) in [6, 6.07) is 3.71. The molecule has 1 aromatic carbocycles. The van der Waals surface area contributed by atoms with Crippen LogP contribution in [0, 0.1) is 5.92 Å². The first-order chi connectivity index (χ1) is 9.90. The van der Waals surface area contributed by atoms with E-state index in [1.165, 1.54) is 31.7 Å². The van der Waals surface area contributed by atoms with Crippen molar-refractivity contribution in [2.45, 2.75) is 44.5 Å². The minimum absolute atomic E-state index is 0.260. The monoisotopic (exact) mass is 303 g/mol. The molecule has 0 spiro atoms. The zero-order chi connectivity index (χ0) is 15.5. The molecule has 1 saturated carbocycles. The van der Waals surface area contributed by atoms with Gasteiger partial charge in [-0.25, -0.2) is 0 Å². The summed E-state index contributed by atoms with van der Waals surface area (Å²) in [6.07, 6.45) is 0.695. The summed E-state index contributed by atoms with van der Waals surface area (Å²) in [5, 5.41) is 0. The van der Waals surface area contributed by atoms with E-state index >= 15 is 0 Å². The van der Waals surface area contributed by atoms with Crippen LogP contribution in [0.15, 0.2) is 18.2 Å². The summed E-state index contributed by atoms with van der Waals surface area (Å²) in [4.78, 5) is 0. The van der Waals surface area contributed by atoms with Gasteiger partial charge in [-0.05, 0) is 37.0 Å². The summed E-state index contributed by atoms with van der Waals surface area (Å²) in [5.74, 6) is 0.515. The van der Waals surface area contributed by atoms with Crippen molar-refractivity contribution in [2.24, 2.45) is 11.7 Å². The van der Waals surface area contributed by atoms with Crippen molar-refractivity contribution in [3.8, 4) is 11.5 Å².